The number of carboxylic acid groups (broad SMARTS) is 1. The molecule has 0 bridgehead atoms. The number of nitrogens with one attached hydrogen (secondary N) is 4. The molecule has 14 nitrogen and oxygen atoms in total. The lowest BCUT2D eigenvalue weighted by Crippen LogP contribution is -2.49. The van der Waals surface area contributed by atoms with Gasteiger partial charge in [0.25, 0.3) is 5.91 Å². The molecule has 14 heteroatoms. The normalized spacial score (nSPS) is 25.4. The number of para-hydroxylation sites is 1. The largest absolute Gasteiger partial charge is 0.481 e. The van der Waals surface area contributed by atoms with Gasteiger partial charge in [0, 0.05) is 18.5 Å². The maximum atomic E-state index is 15.0. The molecule has 1 aliphatic heterocycles. The quantitative estimate of drug-likeness (QED) is 0.0561. The van der Waals surface area contributed by atoms with Gasteiger partial charge in [-0.15, -0.1) is 0 Å². The molecule has 5 N–H and O–H groups in total. The Hall–Kier alpha value is -5.45. The van der Waals surface area contributed by atoms with Gasteiger partial charge in [-0.1, -0.05) is 147 Å². The number of esters is 1. The van der Waals surface area contributed by atoms with E-state index in [9.17, 15) is 39.1 Å². The summed E-state index contributed by atoms with van der Waals surface area (Å²) in [7, 11) is 0. The second-order valence-corrected chi connectivity index (χ2v) is 30.2. The van der Waals surface area contributed by atoms with E-state index in [1.54, 1.807) is 32.0 Å². The van der Waals surface area contributed by atoms with Crippen LogP contribution in [0.15, 0.2) is 48.5 Å². The van der Waals surface area contributed by atoms with Crippen molar-refractivity contribution in [1.82, 2.24) is 20.9 Å². The molecular weight excluding hydrogens is 981 g/mol. The van der Waals surface area contributed by atoms with Crippen LogP contribution < -0.4 is 21.3 Å². The Morgan fingerprint density at radius 2 is 1.41 bits per heavy atom. The summed E-state index contributed by atoms with van der Waals surface area (Å²) in [6, 6.07) is 16.7. The van der Waals surface area contributed by atoms with Crippen molar-refractivity contribution in [2.45, 2.75) is 207 Å². The molecule has 2 aromatic rings. The van der Waals surface area contributed by atoms with Crippen LogP contribution in [-0.4, -0.2) is 71.1 Å². The summed E-state index contributed by atoms with van der Waals surface area (Å²) < 4.78 is 6.06. The molecule has 3 fully saturated rings. The van der Waals surface area contributed by atoms with Crippen molar-refractivity contribution in [1.29, 1.82) is 5.26 Å². The average molecular weight is 1080 g/mol. The van der Waals surface area contributed by atoms with Gasteiger partial charge in [0.2, 0.25) is 5.91 Å². The molecule has 5 rings (SSSR count). The Kier molecular flexibility index (Phi) is 16.7. The van der Waals surface area contributed by atoms with Crippen molar-refractivity contribution in [3.8, 4) is 6.07 Å². The highest BCUT2D eigenvalue weighted by molar-refractivity contribution is 6.06. The van der Waals surface area contributed by atoms with E-state index in [0.29, 0.717) is 43.4 Å². The zero-order valence-corrected chi connectivity index (χ0v) is 51.8. The van der Waals surface area contributed by atoms with E-state index >= 15 is 0 Å². The van der Waals surface area contributed by atoms with Gasteiger partial charge in [-0.2, -0.15) is 5.26 Å². The summed E-state index contributed by atoms with van der Waals surface area (Å²) in [5.74, 6) is -1.94. The highest BCUT2D eigenvalue weighted by atomic mass is 16.5. The van der Waals surface area contributed by atoms with Gasteiger partial charge in [0.15, 0.2) is 0 Å². The molecule has 2 aliphatic carbocycles. The molecule has 7 unspecified atom stereocenters. The maximum Gasteiger partial charge on any atom is 0.325 e. The highest BCUT2D eigenvalue weighted by Gasteiger charge is 2.79. The molecular formula is C64H98N6O8. The number of nitrogens with zero attached hydrogens (tertiary/aromatic N) is 2. The summed E-state index contributed by atoms with van der Waals surface area (Å²) in [5.41, 5.74) is -6.07. The second kappa shape index (κ2) is 20.6. The van der Waals surface area contributed by atoms with Crippen LogP contribution in [0.2, 0.25) is 0 Å². The number of nitriles is 1. The second-order valence-electron chi connectivity index (χ2n) is 30.2. The molecule has 1 heterocycles. The topological polar surface area (TPSA) is 207 Å². The number of carboxylic acids is 1. The lowest BCUT2D eigenvalue weighted by molar-refractivity contribution is -0.160. The molecule has 2 saturated carbocycles. The van der Waals surface area contributed by atoms with E-state index < -0.39 is 83.3 Å². The summed E-state index contributed by atoms with van der Waals surface area (Å²) in [6.45, 7) is 45.6. The van der Waals surface area contributed by atoms with Gasteiger partial charge in [-0.05, 0) is 147 Å². The number of amides is 6. The highest BCUT2D eigenvalue weighted by Crippen LogP contribution is 2.83. The van der Waals surface area contributed by atoms with Gasteiger partial charge < -0.3 is 31.1 Å². The van der Waals surface area contributed by atoms with Crippen molar-refractivity contribution in [3.63, 3.8) is 0 Å². The number of hydrogen-bond donors (Lipinski definition) is 5. The first-order valence-electron chi connectivity index (χ1n) is 28.3. The van der Waals surface area contributed by atoms with Crippen LogP contribution in [0.5, 0.6) is 0 Å². The fourth-order valence-electron chi connectivity index (χ4n) is 14.5. The van der Waals surface area contributed by atoms with E-state index in [4.69, 9.17) is 4.74 Å². The minimum Gasteiger partial charge on any atom is -0.481 e. The van der Waals surface area contributed by atoms with E-state index in [1.807, 2.05) is 59.7 Å². The molecule has 0 spiro atoms. The van der Waals surface area contributed by atoms with Crippen LogP contribution in [0, 0.1) is 71.4 Å². The number of hydrogen-bond acceptors (Lipinski definition) is 8. The summed E-state index contributed by atoms with van der Waals surface area (Å²) >= 11 is 0. The number of aliphatic carboxylic acids is 1. The fraction of sp³-hybridized carbons (Fsp3) is 0.703. The molecule has 78 heavy (non-hydrogen) atoms. The lowest BCUT2D eigenvalue weighted by atomic mass is 9.54. The first-order chi connectivity index (χ1) is 35.3. The fourth-order valence-corrected chi connectivity index (χ4v) is 14.5. The zero-order valence-electron chi connectivity index (χ0n) is 51.8. The SMILES string of the molecule is CCOC(=O)C1(CC(C)(C)C(C)C(C)(CC(C)(C)C)C(=O)O)CC1(C)C(C)(C)CC1(c2cccc(C(C)(C)NC(=O)NCCN3C(=O)NC(C)(C)C3=O)c2)CC1(C)C(C)(C)CC(C)(C(=O)Nc1ccccc1C#N)C(C)(C)C. The number of carbonyl (C=O) groups excluding carboxylic acids is 5. The Morgan fingerprint density at radius 3 is 1.94 bits per heavy atom. The zero-order chi connectivity index (χ0) is 59.7. The van der Waals surface area contributed by atoms with Crippen molar-refractivity contribution in [2.24, 2.45) is 60.1 Å². The molecule has 0 radical (unpaired) electrons. The smallest absolute Gasteiger partial charge is 0.325 e. The first-order valence-corrected chi connectivity index (χ1v) is 28.3. The minimum absolute atomic E-state index is 0.0129. The number of anilines is 1. The summed E-state index contributed by atoms with van der Waals surface area (Å²) in [5, 5.41) is 32.7. The Bertz CT molecular complexity index is 2720. The molecule has 0 aromatic heterocycles. The molecule has 432 valence electrons. The van der Waals surface area contributed by atoms with Crippen LogP contribution in [0.4, 0.5) is 15.3 Å². The predicted octanol–water partition coefficient (Wildman–Crippen LogP) is 13.1. The van der Waals surface area contributed by atoms with E-state index in [-0.39, 0.29) is 48.8 Å². The van der Waals surface area contributed by atoms with Gasteiger partial charge >= 0.3 is 24.0 Å². The van der Waals surface area contributed by atoms with Crippen LogP contribution >= 0.6 is 0 Å². The molecule has 1 saturated heterocycles. The Labute approximate surface area is 468 Å². The van der Waals surface area contributed by atoms with Gasteiger partial charge in [-0.3, -0.25) is 24.1 Å². The molecule has 3 aliphatic rings. The third kappa shape index (κ3) is 11.3. The Morgan fingerprint density at radius 1 is 0.808 bits per heavy atom. The van der Waals surface area contributed by atoms with Gasteiger partial charge in [0.1, 0.15) is 11.6 Å². The van der Waals surface area contributed by atoms with Crippen molar-refractivity contribution in [2.75, 3.05) is 25.0 Å². The van der Waals surface area contributed by atoms with Crippen molar-refractivity contribution < 1.29 is 38.6 Å². The third-order valence-electron chi connectivity index (χ3n) is 20.7. The lowest BCUT2D eigenvalue weighted by Gasteiger charge is -2.50. The molecule has 7 atom stereocenters. The number of ether oxygens (including phenoxy) is 1. The summed E-state index contributed by atoms with van der Waals surface area (Å²) in [4.78, 5) is 83.3. The van der Waals surface area contributed by atoms with Crippen LogP contribution in [0.3, 0.4) is 0 Å². The number of benzene rings is 2. The first kappa shape index (κ1) is 63.4. The van der Waals surface area contributed by atoms with Gasteiger partial charge in [-0.25, -0.2) is 9.59 Å². The third-order valence-corrected chi connectivity index (χ3v) is 20.7. The van der Waals surface area contributed by atoms with Crippen LogP contribution in [0.1, 0.15) is 208 Å². The number of imide groups is 1. The minimum atomic E-state index is -1.07. The van der Waals surface area contributed by atoms with E-state index in [1.165, 1.54) is 0 Å². The number of rotatable bonds is 22. The Balaban J connectivity index is 1.60. The van der Waals surface area contributed by atoms with Gasteiger partial charge in [0.05, 0.1) is 39.6 Å². The molecule has 2 aromatic carbocycles. The van der Waals surface area contributed by atoms with E-state index in [0.717, 1.165) is 22.4 Å². The monoisotopic (exact) mass is 1080 g/mol. The predicted molar refractivity (Wildman–Crippen MR) is 308 cm³/mol. The van der Waals surface area contributed by atoms with Crippen LogP contribution in [-0.2, 0) is 34.9 Å². The maximum absolute atomic E-state index is 15.0. The average Bonchev–Trinajstić information content (AvgIpc) is 4.12. The molecule has 6 amide bonds. The number of urea groups is 2. The number of carbonyl (C=O) groups is 6. The van der Waals surface area contributed by atoms with Crippen molar-refractivity contribution in [3.05, 3.63) is 65.2 Å². The van der Waals surface area contributed by atoms with E-state index in [2.05, 4.69) is 136 Å². The summed E-state index contributed by atoms with van der Waals surface area (Å²) in [6.07, 6.45) is 3.36. The van der Waals surface area contributed by atoms with Crippen molar-refractivity contribution >= 4 is 41.5 Å². The van der Waals surface area contributed by atoms with Crippen LogP contribution in [0.25, 0.3) is 0 Å². The standard InChI is InChI=1S/C64H98N6O8/c1-23-78-49(75)64(36-54(9,10)41(2)59(19,48(73)74)35-52(3,4)5)40-62(64,22)56(13,14)38-63(39-61(63,21)55(11,12)37-60(20,53(6,7)8)46(71)67-45-30-25-24-27-42(45)34-65)44-29-26-28-43(33-44)57(15,16)68-50(76)66-31-32-70-47(72)58(17,18)69-51(70)77/h24-30,33,41H,23,31-32,35-40H2,1-22H3,(H,67,71)(H,69,77)(H,73,74)(H2,66,68,76).